The highest BCUT2D eigenvalue weighted by molar-refractivity contribution is 5.82. The SMILES string of the molecule is C=CC(=O)OCCOCC(COCCOC(=O)C=C)(COCCOC(=O)C=C)OC(COCCOC(=O)C=C)(COCCOC(=O)C=C)COCCOC(=O)C=C. The average molecular weight is 815 g/mol. The summed E-state index contributed by atoms with van der Waals surface area (Å²) in [5, 5.41) is 0. The molecule has 0 atom stereocenters. The summed E-state index contributed by atoms with van der Waals surface area (Å²) in [5.74, 6) is -4.10. The zero-order valence-electron chi connectivity index (χ0n) is 32.2. The fourth-order valence-corrected chi connectivity index (χ4v) is 4.00. The van der Waals surface area contributed by atoms with Crippen molar-refractivity contribution in [1.29, 1.82) is 0 Å². The molecule has 0 aliphatic rings. The zero-order valence-corrected chi connectivity index (χ0v) is 32.2. The minimum absolute atomic E-state index is 0.132. The van der Waals surface area contributed by atoms with Gasteiger partial charge in [-0.3, -0.25) is 0 Å². The molecule has 0 unspecified atom stereocenters. The van der Waals surface area contributed by atoms with E-state index in [0.717, 1.165) is 36.5 Å². The summed E-state index contributed by atoms with van der Waals surface area (Å²) >= 11 is 0. The molecule has 19 heteroatoms. The number of hydrogen-bond acceptors (Lipinski definition) is 19. The van der Waals surface area contributed by atoms with Gasteiger partial charge < -0.3 is 61.6 Å². The molecule has 0 bridgehead atoms. The number of hydrogen-bond donors (Lipinski definition) is 0. The van der Waals surface area contributed by atoms with E-state index in [1.165, 1.54) is 0 Å². The smallest absolute Gasteiger partial charge is 0.330 e. The van der Waals surface area contributed by atoms with E-state index in [4.69, 9.17) is 61.6 Å². The van der Waals surface area contributed by atoms with Gasteiger partial charge in [0.15, 0.2) is 0 Å². The lowest BCUT2D eigenvalue weighted by atomic mass is 10.0. The molecule has 0 saturated carbocycles. The van der Waals surface area contributed by atoms with Crippen molar-refractivity contribution in [3.8, 4) is 0 Å². The van der Waals surface area contributed by atoms with Gasteiger partial charge in [-0.1, -0.05) is 39.5 Å². The van der Waals surface area contributed by atoms with Gasteiger partial charge in [-0.2, -0.15) is 0 Å². The first-order chi connectivity index (χ1) is 27.4. The van der Waals surface area contributed by atoms with E-state index in [9.17, 15) is 28.8 Å². The molecule has 0 saturated heterocycles. The fraction of sp³-hybridized carbons (Fsp3) is 0.526. The van der Waals surface area contributed by atoms with E-state index in [1.54, 1.807) is 0 Å². The highest BCUT2D eigenvalue weighted by Crippen LogP contribution is 2.26. The molecule has 0 heterocycles. The first-order valence-corrected chi connectivity index (χ1v) is 17.4. The van der Waals surface area contributed by atoms with Gasteiger partial charge in [0.1, 0.15) is 50.8 Å². The predicted molar refractivity (Wildman–Crippen MR) is 198 cm³/mol. The van der Waals surface area contributed by atoms with Crippen LogP contribution in [0, 0.1) is 0 Å². The topological polar surface area (TPSA) is 222 Å². The Balaban J connectivity index is 6.81. The third kappa shape index (κ3) is 27.3. The monoisotopic (exact) mass is 814 g/mol. The third-order valence-corrected chi connectivity index (χ3v) is 6.46. The van der Waals surface area contributed by atoms with Crippen LogP contribution in [0.4, 0.5) is 0 Å². The van der Waals surface area contributed by atoms with E-state index >= 15 is 0 Å². The van der Waals surface area contributed by atoms with Crippen molar-refractivity contribution in [3.63, 3.8) is 0 Å². The van der Waals surface area contributed by atoms with Crippen LogP contribution in [-0.4, -0.2) is 166 Å². The molecule has 0 fully saturated rings. The van der Waals surface area contributed by atoms with Crippen LogP contribution in [0.5, 0.6) is 0 Å². The second-order valence-electron chi connectivity index (χ2n) is 11.0. The summed E-state index contributed by atoms with van der Waals surface area (Å²) in [4.78, 5) is 69.8. The number of rotatable bonds is 38. The van der Waals surface area contributed by atoms with E-state index in [-0.39, 0.29) is 119 Å². The van der Waals surface area contributed by atoms with Gasteiger partial charge in [-0.05, 0) is 0 Å². The van der Waals surface area contributed by atoms with Crippen molar-refractivity contribution in [2.75, 3.05) is 119 Å². The second kappa shape index (κ2) is 33.2. The molecule has 0 N–H and O–H groups in total. The quantitative estimate of drug-likeness (QED) is 0.0366. The minimum atomic E-state index is -1.62. The number of carbonyl (C=O) groups excluding carboxylic acids is 6. The summed E-state index contributed by atoms with van der Waals surface area (Å²) in [6.45, 7) is 16.4. The zero-order chi connectivity index (χ0) is 42.6. The van der Waals surface area contributed by atoms with Crippen LogP contribution in [0.2, 0.25) is 0 Å². The lowest BCUT2D eigenvalue weighted by molar-refractivity contribution is -0.266. The summed E-state index contributed by atoms with van der Waals surface area (Å²) in [7, 11) is 0. The van der Waals surface area contributed by atoms with E-state index < -0.39 is 47.0 Å². The van der Waals surface area contributed by atoms with Gasteiger partial charge in [-0.15, -0.1) is 0 Å². The Kier molecular flexibility index (Phi) is 30.2. The molecular weight excluding hydrogens is 760 g/mol. The summed E-state index contributed by atoms with van der Waals surface area (Å²) in [6.07, 6.45) is 5.90. The molecule has 0 amide bonds. The summed E-state index contributed by atoms with van der Waals surface area (Å²) in [5.41, 5.74) is -3.24. The largest absolute Gasteiger partial charge is 0.460 e. The maximum absolute atomic E-state index is 11.6. The Bertz CT molecular complexity index is 1050. The molecule has 19 nitrogen and oxygen atoms in total. The highest BCUT2D eigenvalue weighted by Gasteiger charge is 2.45. The first kappa shape index (κ1) is 52.0. The molecule has 0 aromatic rings. The molecule has 0 rings (SSSR count). The highest BCUT2D eigenvalue weighted by atomic mass is 16.7. The molecule has 0 radical (unpaired) electrons. The summed E-state index contributed by atoms with van der Waals surface area (Å²) < 4.78 is 72.3. The molecule has 0 aliphatic heterocycles. The van der Waals surface area contributed by atoms with Crippen molar-refractivity contribution in [2.24, 2.45) is 0 Å². The Morgan fingerprint density at radius 2 is 0.456 bits per heavy atom. The Labute approximate surface area is 332 Å². The number of ether oxygens (including phenoxy) is 13. The standard InChI is InChI=1S/C38H54O19/c1-7-31(39)51-19-13-45-25-37(26-46-14-20-52-32(40)8-2,27-47-15-21-53-33(41)9-3)57-38(28-48-16-22-54-34(42)10-4,29-49-17-23-55-35(43)11-5)30-50-18-24-56-36(44)12-6/h7-12H,1-6,13-30H2. The van der Waals surface area contributed by atoms with E-state index in [1.807, 2.05) is 0 Å². The van der Waals surface area contributed by atoms with Crippen LogP contribution in [0.25, 0.3) is 0 Å². The van der Waals surface area contributed by atoms with Crippen LogP contribution in [0.1, 0.15) is 0 Å². The van der Waals surface area contributed by atoms with Crippen molar-refractivity contribution >= 4 is 35.8 Å². The average Bonchev–Trinajstić information content (AvgIpc) is 3.21. The molecule has 320 valence electrons. The van der Waals surface area contributed by atoms with Crippen LogP contribution < -0.4 is 0 Å². The van der Waals surface area contributed by atoms with Gasteiger partial charge in [0.25, 0.3) is 0 Å². The van der Waals surface area contributed by atoms with Gasteiger partial charge in [-0.25, -0.2) is 28.8 Å². The predicted octanol–water partition coefficient (Wildman–Crippen LogP) is 0.955. The van der Waals surface area contributed by atoms with Crippen molar-refractivity contribution in [2.45, 2.75) is 11.2 Å². The van der Waals surface area contributed by atoms with E-state index in [2.05, 4.69) is 39.5 Å². The first-order valence-electron chi connectivity index (χ1n) is 17.4. The number of carbonyl (C=O) groups is 6. The molecule has 0 aliphatic carbocycles. The normalized spacial score (nSPS) is 10.9. The van der Waals surface area contributed by atoms with Gasteiger partial charge >= 0.3 is 35.8 Å². The van der Waals surface area contributed by atoms with Crippen molar-refractivity contribution < 1.29 is 90.3 Å². The third-order valence-electron chi connectivity index (χ3n) is 6.46. The van der Waals surface area contributed by atoms with Gasteiger partial charge in [0.2, 0.25) is 0 Å². The van der Waals surface area contributed by atoms with Crippen LogP contribution >= 0.6 is 0 Å². The Morgan fingerprint density at radius 1 is 0.298 bits per heavy atom. The molecule has 0 spiro atoms. The van der Waals surface area contributed by atoms with Crippen LogP contribution in [0.3, 0.4) is 0 Å². The maximum atomic E-state index is 11.6. The molecule has 57 heavy (non-hydrogen) atoms. The van der Waals surface area contributed by atoms with Crippen molar-refractivity contribution in [1.82, 2.24) is 0 Å². The van der Waals surface area contributed by atoms with Crippen LogP contribution in [-0.2, 0) is 90.3 Å². The van der Waals surface area contributed by atoms with Crippen LogP contribution in [0.15, 0.2) is 75.9 Å². The fourth-order valence-electron chi connectivity index (χ4n) is 4.00. The molecule has 0 aromatic carbocycles. The second-order valence-corrected chi connectivity index (χ2v) is 11.0. The maximum Gasteiger partial charge on any atom is 0.330 e. The van der Waals surface area contributed by atoms with Crippen molar-refractivity contribution in [3.05, 3.63) is 75.9 Å². The lowest BCUT2D eigenvalue weighted by Gasteiger charge is -2.43. The van der Waals surface area contributed by atoms with Gasteiger partial charge in [0.05, 0.1) is 79.3 Å². The lowest BCUT2D eigenvalue weighted by Crippen LogP contribution is -2.59. The minimum Gasteiger partial charge on any atom is -0.460 e. The molecular formula is C38H54O19. The molecule has 0 aromatic heterocycles. The Morgan fingerprint density at radius 3 is 0.596 bits per heavy atom. The Hall–Kier alpha value is -5.02. The summed E-state index contributed by atoms with van der Waals surface area (Å²) in [6, 6.07) is 0. The van der Waals surface area contributed by atoms with E-state index in [0.29, 0.717) is 0 Å². The van der Waals surface area contributed by atoms with Gasteiger partial charge in [0, 0.05) is 36.5 Å². The number of esters is 6.